The summed E-state index contributed by atoms with van der Waals surface area (Å²) >= 11 is 0. The van der Waals surface area contributed by atoms with Gasteiger partial charge in [-0.25, -0.2) is 0 Å². The molecule has 0 aromatic heterocycles. The third-order valence-corrected chi connectivity index (χ3v) is 5.41. The number of amides is 2. The first kappa shape index (κ1) is 21.2. The Labute approximate surface area is 158 Å². The maximum Gasteiger partial charge on any atom is 0.251 e. The summed E-state index contributed by atoms with van der Waals surface area (Å²) in [6, 6.07) is 0. The van der Waals surface area contributed by atoms with Gasteiger partial charge in [0.05, 0.1) is 12.7 Å². The molecule has 1 N–H and O–H groups in total. The zero-order valence-corrected chi connectivity index (χ0v) is 16.5. The highest BCUT2D eigenvalue weighted by Gasteiger charge is 2.30. The lowest BCUT2D eigenvalue weighted by Gasteiger charge is -2.33. The van der Waals surface area contributed by atoms with Gasteiger partial charge in [0, 0.05) is 32.2 Å². The molecule has 2 heterocycles. The fraction of sp³-hybridized carbons (Fsp3) is 0.900. The topological polar surface area (TPSA) is 67.9 Å². The molecule has 2 saturated heterocycles. The molecule has 6 heteroatoms. The molecular weight excluding hydrogens is 332 g/mol. The Balaban J connectivity index is 1.64. The molecule has 0 radical (unpaired) electrons. The van der Waals surface area contributed by atoms with Gasteiger partial charge in [-0.1, -0.05) is 19.8 Å². The number of ether oxygens (including phenoxy) is 2. The average Bonchev–Trinajstić information content (AvgIpc) is 2.69. The molecule has 2 unspecified atom stereocenters. The molecule has 0 aromatic carbocycles. The lowest BCUT2D eigenvalue weighted by molar-refractivity contribution is -0.148. The van der Waals surface area contributed by atoms with Crippen LogP contribution >= 0.6 is 0 Å². The minimum absolute atomic E-state index is 0.0302. The van der Waals surface area contributed by atoms with E-state index >= 15 is 0 Å². The van der Waals surface area contributed by atoms with Gasteiger partial charge in [0.15, 0.2) is 0 Å². The van der Waals surface area contributed by atoms with E-state index in [1.165, 1.54) is 6.42 Å². The molecule has 2 atom stereocenters. The van der Waals surface area contributed by atoms with E-state index in [1.54, 1.807) is 0 Å². The van der Waals surface area contributed by atoms with Crippen LogP contribution in [0, 0.1) is 5.92 Å². The van der Waals surface area contributed by atoms with E-state index < -0.39 is 6.10 Å². The molecule has 2 rings (SSSR count). The van der Waals surface area contributed by atoms with Gasteiger partial charge in [-0.05, 0) is 45.4 Å². The molecule has 0 aliphatic carbocycles. The van der Waals surface area contributed by atoms with Crippen LogP contribution in [0.4, 0.5) is 0 Å². The van der Waals surface area contributed by atoms with Crippen molar-refractivity contribution < 1.29 is 19.1 Å². The predicted molar refractivity (Wildman–Crippen MR) is 101 cm³/mol. The van der Waals surface area contributed by atoms with E-state index in [1.807, 2.05) is 11.8 Å². The number of nitrogens with one attached hydrogen (secondary N) is 1. The Hall–Kier alpha value is -1.14. The predicted octanol–water partition coefficient (Wildman–Crippen LogP) is 2.51. The second-order valence-electron chi connectivity index (χ2n) is 7.56. The van der Waals surface area contributed by atoms with Crippen LogP contribution in [0.1, 0.15) is 65.2 Å². The maximum absolute atomic E-state index is 12.6. The highest BCUT2D eigenvalue weighted by molar-refractivity contribution is 5.82. The second kappa shape index (κ2) is 11.5. The Morgan fingerprint density at radius 2 is 1.96 bits per heavy atom. The van der Waals surface area contributed by atoms with Crippen molar-refractivity contribution in [2.24, 2.45) is 5.92 Å². The minimum atomic E-state index is -0.444. The standard InChI is InChI=1S/C20H36N2O4/c1-3-4-6-11-21-19(23)17-9-12-22(13-10-17)20(24)16(2)26-15-18-8-5-7-14-25-18/h16-18H,3-15H2,1-2H3,(H,21,23). The smallest absolute Gasteiger partial charge is 0.251 e. The van der Waals surface area contributed by atoms with Gasteiger partial charge >= 0.3 is 0 Å². The SMILES string of the molecule is CCCCCNC(=O)C1CCN(C(=O)C(C)OCC2CCCCO2)CC1. The molecule has 2 aliphatic heterocycles. The third-order valence-electron chi connectivity index (χ3n) is 5.41. The van der Waals surface area contributed by atoms with Gasteiger partial charge in [0.2, 0.25) is 5.91 Å². The molecule has 26 heavy (non-hydrogen) atoms. The van der Waals surface area contributed by atoms with Gasteiger partial charge in [-0.15, -0.1) is 0 Å². The molecule has 0 bridgehead atoms. The molecular formula is C20H36N2O4. The van der Waals surface area contributed by atoms with E-state index in [-0.39, 0.29) is 23.8 Å². The molecule has 2 amide bonds. The number of rotatable bonds is 9. The first-order valence-electron chi connectivity index (χ1n) is 10.4. The monoisotopic (exact) mass is 368 g/mol. The van der Waals surface area contributed by atoms with Crippen molar-refractivity contribution in [1.82, 2.24) is 10.2 Å². The number of carbonyl (C=O) groups excluding carboxylic acids is 2. The number of unbranched alkanes of at least 4 members (excludes halogenated alkanes) is 2. The van der Waals surface area contributed by atoms with Gasteiger partial charge in [-0.3, -0.25) is 9.59 Å². The van der Waals surface area contributed by atoms with Gasteiger partial charge in [0.25, 0.3) is 5.91 Å². The van der Waals surface area contributed by atoms with Crippen LogP contribution < -0.4 is 5.32 Å². The van der Waals surface area contributed by atoms with Crippen LogP contribution in [0.3, 0.4) is 0 Å². The van der Waals surface area contributed by atoms with Crippen LogP contribution in [0.25, 0.3) is 0 Å². The maximum atomic E-state index is 12.6. The summed E-state index contributed by atoms with van der Waals surface area (Å²) in [7, 11) is 0. The molecule has 2 aliphatic rings. The third kappa shape index (κ3) is 6.88. The van der Waals surface area contributed by atoms with E-state index in [0.29, 0.717) is 19.7 Å². The first-order chi connectivity index (χ1) is 12.6. The van der Waals surface area contributed by atoms with Gasteiger partial charge < -0.3 is 19.7 Å². The number of likely N-dealkylation sites (tertiary alicyclic amines) is 1. The Morgan fingerprint density at radius 1 is 1.19 bits per heavy atom. The molecule has 6 nitrogen and oxygen atoms in total. The van der Waals surface area contributed by atoms with Gasteiger partial charge in [-0.2, -0.15) is 0 Å². The van der Waals surface area contributed by atoms with E-state index in [0.717, 1.165) is 58.1 Å². The summed E-state index contributed by atoms with van der Waals surface area (Å²) in [5.41, 5.74) is 0. The molecule has 2 fully saturated rings. The summed E-state index contributed by atoms with van der Waals surface area (Å²) in [6.07, 6.45) is 7.81. The van der Waals surface area contributed by atoms with Crippen LogP contribution in [0.5, 0.6) is 0 Å². The number of carbonyl (C=O) groups is 2. The number of hydrogen-bond donors (Lipinski definition) is 1. The van der Waals surface area contributed by atoms with Crippen molar-refractivity contribution in [3.8, 4) is 0 Å². The lowest BCUT2D eigenvalue weighted by Crippen LogP contribution is -2.47. The highest BCUT2D eigenvalue weighted by atomic mass is 16.5. The zero-order valence-electron chi connectivity index (χ0n) is 16.5. The Bertz CT molecular complexity index is 430. The van der Waals surface area contributed by atoms with Crippen molar-refractivity contribution in [3.05, 3.63) is 0 Å². The van der Waals surface area contributed by atoms with Crippen LogP contribution in [-0.2, 0) is 19.1 Å². The number of nitrogens with zero attached hydrogens (tertiary/aromatic N) is 1. The van der Waals surface area contributed by atoms with Crippen molar-refractivity contribution in [2.45, 2.75) is 77.4 Å². The summed E-state index contributed by atoms with van der Waals surface area (Å²) in [6.45, 7) is 7.30. The minimum Gasteiger partial charge on any atom is -0.376 e. The van der Waals surface area contributed by atoms with Gasteiger partial charge in [0.1, 0.15) is 6.10 Å². The quantitative estimate of drug-likeness (QED) is 0.635. The molecule has 0 saturated carbocycles. The van der Waals surface area contributed by atoms with Crippen LogP contribution in [0.15, 0.2) is 0 Å². The summed E-state index contributed by atoms with van der Waals surface area (Å²) in [5.74, 6) is 0.210. The second-order valence-corrected chi connectivity index (χ2v) is 7.56. The summed E-state index contributed by atoms with van der Waals surface area (Å²) in [5, 5.41) is 3.03. The van der Waals surface area contributed by atoms with Crippen molar-refractivity contribution >= 4 is 11.8 Å². The highest BCUT2D eigenvalue weighted by Crippen LogP contribution is 2.19. The van der Waals surface area contributed by atoms with E-state index in [2.05, 4.69) is 12.2 Å². The van der Waals surface area contributed by atoms with Crippen LogP contribution in [-0.4, -0.2) is 61.8 Å². The molecule has 150 valence electrons. The zero-order chi connectivity index (χ0) is 18.8. The van der Waals surface area contributed by atoms with Crippen molar-refractivity contribution in [2.75, 3.05) is 32.8 Å². The van der Waals surface area contributed by atoms with E-state index in [4.69, 9.17) is 9.47 Å². The average molecular weight is 369 g/mol. The number of hydrogen-bond acceptors (Lipinski definition) is 4. The van der Waals surface area contributed by atoms with E-state index in [9.17, 15) is 9.59 Å². The normalized spacial score (nSPS) is 22.8. The summed E-state index contributed by atoms with van der Waals surface area (Å²) < 4.78 is 11.4. The summed E-state index contributed by atoms with van der Waals surface area (Å²) in [4.78, 5) is 26.6. The first-order valence-corrected chi connectivity index (χ1v) is 10.4. The molecule has 0 aromatic rings. The Morgan fingerprint density at radius 3 is 2.62 bits per heavy atom. The lowest BCUT2D eigenvalue weighted by atomic mass is 9.95. The largest absolute Gasteiger partial charge is 0.376 e. The fourth-order valence-electron chi connectivity index (χ4n) is 3.61. The van der Waals surface area contributed by atoms with Crippen molar-refractivity contribution in [1.29, 1.82) is 0 Å². The molecule has 0 spiro atoms. The number of piperidine rings is 1. The Kier molecular flexibility index (Phi) is 9.40. The van der Waals surface area contributed by atoms with Crippen LogP contribution in [0.2, 0.25) is 0 Å². The van der Waals surface area contributed by atoms with Crippen molar-refractivity contribution in [3.63, 3.8) is 0 Å². The fourth-order valence-corrected chi connectivity index (χ4v) is 3.61.